The van der Waals surface area contributed by atoms with Crippen molar-refractivity contribution in [1.82, 2.24) is 25.3 Å². The number of hydrogen-bond acceptors (Lipinski definition) is 5. The lowest BCUT2D eigenvalue weighted by molar-refractivity contribution is 0.0949. The van der Waals surface area contributed by atoms with E-state index < -0.39 is 0 Å². The first-order chi connectivity index (χ1) is 8.60. The fourth-order valence-electron chi connectivity index (χ4n) is 1.58. The minimum Gasteiger partial charge on any atom is -0.346 e. The van der Waals surface area contributed by atoms with Crippen molar-refractivity contribution in [3.05, 3.63) is 26.9 Å². The summed E-state index contributed by atoms with van der Waals surface area (Å²) in [4.78, 5) is 11.7. The van der Waals surface area contributed by atoms with E-state index in [1.807, 2.05) is 20.2 Å². The molecule has 0 unspecified atom stereocenters. The molecular formula is C10H12ClN5OS. The second kappa shape index (κ2) is 5.45. The van der Waals surface area contributed by atoms with Crippen LogP contribution in [0.1, 0.15) is 28.0 Å². The first kappa shape index (κ1) is 13.0. The van der Waals surface area contributed by atoms with Crippen LogP contribution in [0.15, 0.2) is 6.20 Å². The molecule has 0 spiro atoms. The number of nitrogens with zero attached hydrogens (tertiary/aromatic N) is 4. The smallest absolute Gasteiger partial charge is 0.282 e. The average molecular weight is 286 g/mol. The molecule has 0 aromatic carbocycles. The summed E-state index contributed by atoms with van der Waals surface area (Å²) >= 11 is 6.68. The van der Waals surface area contributed by atoms with E-state index in [0.717, 1.165) is 29.0 Å². The van der Waals surface area contributed by atoms with Crippen LogP contribution in [0.4, 0.5) is 0 Å². The molecule has 96 valence electrons. The van der Waals surface area contributed by atoms with Gasteiger partial charge in [-0.15, -0.1) is 10.2 Å². The number of nitrogens with one attached hydrogen (secondary N) is 1. The van der Waals surface area contributed by atoms with E-state index in [2.05, 4.69) is 20.6 Å². The highest BCUT2D eigenvalue weighted by Crippen LogP contribution is 2.15. The molecule has 0 bridgehead atoms. The number of rotatable bonds is 4. The van der Waals surface area contributed by atoms with Gasteiger partial charge in [0.25, 0.3) is 5.91 Å². The Morgan fingerprint density at radius 3 is 2.94 bits per heavy atom. The fraction of sp³-hybridized carbons (Fsp3) is 0.400. The third-order valence-electron chi connectivity index (χ3n) is 2.36. The topological polar surface area (TPSA) is 72.7 Å². The van der Waals surface area contributed by atoms with Crippen LogP contribution >= 0.6 is 22.9 Å². The molecule has 0 saturated heterocycles. The first-order valence-electron chi connectivity index (χ1n) is 5.38. The van der Waals surface area contributed by atoms with Crippen molar-refractivity contribution in [2.24, 2.45) is 7.05 Å². The molecule has 8 heteroatoms. The molecule has 2 aromatic rings. The van der Waals surface area contributed by atoms with Crippen molar-refractivity contribution in [2.75, 3.05) is 0 Å². The Balaban J connectivity index is 2.01. The Morgan fingerprint density at radius 1 is 1.56 bits per heavy atom. The van der Waals surface area contributed by atoms with E-state index in [1.165, 1.54) is 0 Å². The van der Waals surface area contributed by atoms with Gasteiger partial charge >= 0.3 is 0 Å². The van der Waals surface area contributed by atoms with E-state index in [-0.39, 0.29) is 15.4 Å². The van der Waals surface area contributed by atoms with E-state index in [9.17, 15) is 4.79 Å². The van der Waals surface area contributed by atoms with E-state index >= 15 is 0 Å². The third-order valence-corrected chi connectivity index (χ3v) is 3.38. The van der Waals surface area contributed by atoms with Gasteiger partial charge in [0.1, 0.15) is 0 Å². The molecule has 2 aromatic heterocycles. The van der Waals surface area contributed by atoms with E-state index in [0.29, 0.717) is 6.54 Å². The van der Waals surface area contributed by atoms with Crippen molar-refractivity contribution in [1.29, 1.82) is 0 Å². The minimum absolute atomic E-state index is 0.260. The Kier molecular flexibility index (Phi) is 3.93. The SMILES string of the molecule is CCc1nn(C)cc1CNC(=O)c1nnc(Cl)s1. The van der Waals surface area contributed by atoms with Crippen LogP contribution in [-0.4, -0.2) is 25.9 Å². The molecule has 0 fully saturated rings. The summed E-state index contributed by atoms with van der Waals surface area (Å²) in [6.07, 6.45) is 2.73. The summed E-state index contributed by atoms with van der Waals surface area (Å²) in [5.41, 5.74) is 1.98. The van der Waals surface area contributed by atoms with Crippen LogP contribution in [-0.2, 0) is 20.0 Å². The third kappa shape index (κ3) is 2.85. The molecule has 18 heavy (non-hydrogen) atoms. The molecule has 0 atom stereocenters. The average Bonchev–Trinajstić information content (AvgIpc) is 2.92. The van der Waals surface area contributed by atoms with Gasteiger partial charge in [-0.2, -0.15) is 5.10 Å². The minimum atomic E-state index is -0.273. The number of amides is 1. The first-order valence-corrected chi connectivity index (χ1v) is 6.58. The molecule has 2 heterocycles. The maximum Gasteiger partial charge on any atom is 0.282 e. The van der Waals surface area contributed by atoms with Crippen molar-refractivity contribution in [2.45, 2.75) is 19.9 Å². The quantitative estimate of drug-likeness (QED) is 0.922. The van der Waals surface area contributed by atoms with Crippen LogP contribution in [0.2, 0.25) is 4.47 Å². The lowest BCUT2D eigenvalue weighted by Gasteiger charge is -2.01. The maximum atomic E-state index is 11.7. The highest BCUT2D eigenvalue weighted by Gasteiger charge is 2.13. The molecule has 0 saturated carbocycles. The number of aryl methyl sites for hydroxylation is 2. The van der Waals surface area contributed by atoms with E-state index in [4.69, 9.17) is 11.6 Å². The van der Waals surface area contributed by atoms with Gasteiger partial charge in [-0.3, -0.25) is 9.48 Å². The van der Waals surface area contributed by atoms with Gasteiger partial charge in [0, 0.05) is 25.4 Å². The Bertz CT molecular complexity index is 564. The van der Waals surface area contributed by atoms with Crippen molar-refractivity contribution >= 4 is 28.8 Å². The second-order valence-electron chi connectivity index (χ2n) is 3.67. The molecule has 1 amide bonds. The molecule has 0 aliphatic heterocycles. The van der Waals surface area contributed by atoms with E-state index in [1.54, 1.807) is 4.68 Å². The van der Waals surface area contributed by atoms with Crippen LogP contribution < -0.4 is 5.32 Å². The van der Waals surface area contributed by atoms with Crippen LogP contribution in [0.25, 0.3) is 0 Å². The highest BCUT2D eigenvalue weighted by molar-refractivity contribution is 7.17. The lowest BCUT2D eigenvalue weighted by atomic mass is 10.2. The van der Waals surface area contributed by atoms with Gasteiger partial charge in [-0.05, 0) is 18.0 Å². The standard InChI is InChI=1S/C10H12ClN5OS/c1-3-7-6(5-16(2)15-7)4-12-8(17)9-13-14-10(11)18-9/h5H,3-4H2,1-2H3,(H,12,17). The molecule has 1 N–H and O–H groups in total. The largest absolute Gasteiger partial charge is 0.346 e. The van der Waals surface area contributed by atoms with Gasteiger partial charge in [0.2, 0.25) is 9.47 Å². The van der Waals surface area contributed by atoms with Gasteiger partial charge < -0.3 is 5.32 Å². The predicted octanol–water partition coefficient (Wildman–Crippen LogP) is 1.42. The number of aromatic nitrogens is 4. The predicted molar refractivity (Wildman–Crippen MR) is 68.7 cm³/mol. The van der Waals surface area contributed by atoms with Crippen molar-refractivity contribution < 1.29 is 4.79 Å². The van der Waals surface area contributed by atoms with Crippen LogP contribution in [0, 0.1) is 0 Å². The zero-order valence-electron chi connectivity index (χ0n) is 9.97. The Labute approximate surface area is 113 Å². The summed E-state index contributed by atoms with van der Waals surface area (Å²) < 4.78 is 2.00. The molecule has 0 aliphatic carbocycles. The highest BCUT2D eigenvalue weighted by atomic mass is 35.5. The summed E-state index contributed by atoms with van der Waals surface area (Å²) in [5, 5.41) is 14.6. The normalized spacial score (nSPS) is 10.6. The van der Waals surface area contributed by atoms with Gasteiger partial charge in [-0.1, -0.05) is 18.3 Å². The number of carbonyl (C=O) groups is 1. The summed E-state index contributed by atoms with van der Waals surface area (Å²) in [6.45, 7) is 2.45. The molecule has 6 nitrogen and oxygen atoms in total. The van der Waals surface area contributed by atoms with Crippen molar-refractivity contribution in [3.63, 3.8) is 0 Å². The maximum absolute atomic E-state index is 11.7. The zero-order chi connectivity index (χ0) is 13.1. The number of hydrogen-bond donors (Lipinski definition) is 1. The van der Waals surface area contributed by atoms with Gasteiger partial charge in [0.15, 0.2) is 0 Å². The Morgan fingerprint density at radius 2 is 2.33 bits per heavy atom. The van der Waals surface area contributed by atoms with Crippen LogP contribution in [0.3, 0.4) is 0 Å². The number of carbonyl (C=O) groups excluding carboxylic acids is 1. The van der Waals surface area contributed by atoms with Gasteiger partial charge in [0.05, 0.1) is 5.69 Å². The molecular weight excluding hydrogens is 274 g/mol. The van der Waals surface area contributed by atoms with Crippen molar-refractivity contribution in [3.8, 4) is 0 Å². The summed E-state index contributed by atoms with van der Waals surface area (Å²) in [5.74, 6) is -0.273. The Hall–Kier alpha value is -1.47. The molecule has 0 radical (unpaired) electrons. The second-order valence-corrected chi connectivity index (χ2v) is 5.23. The fourth-order valence-corrected chi connectivity index (χ4v) is 2.32. The summed E-state index contributed by atoms with van der Waals surface area (Å²) in [7, 11) is 1.86. The lowest BCUT2D eigenvalue weighted by Crippen LogP contribution is -2.23. The molecule has 2 rings (SSSR count). The molecule has 0 aliphatic rings. The monoisotopic (exact) mass is 285 g/mol. The zero-order valence-corrected chi connectivity index (χ0v) is 11.5. The van der Waals surface area contributed by atoms with Gasteiger partial charge in [-0.25, -0.2) is 0 Å². The summed E-state index contributed by atoms with van der Waals surface area (Å²) in [6, 6.07) is 0. The van der Waals surface area contributed by atoms with Crippen LogP contribution in [0.5, 0.6) is 0 Å². The number of halogens is 1.